The Bertz CT molecular complexity index is 387. The molecule has 1 aliphatic rings. The minimum absolute atomic E-state index is 0.108. The maximum absolute atomic E-state index is 10.7. The minimum atomic E-state index is -0.760. The van der Waals surface area contributed by atoms with E-state index in [-0.39, 0.29) is 6.54 Å². The van der Waals surface area contributed by atoms with Gasteiger partial charge in [-0.25, -0.2) is 0 Å². The van der Waals surface area contributed by atoms with Crippen LogP contribution in [0.4, 0.5) is 5.69 Å². The van der Waals surface area contributed by atoms with Crippen LogP contribution >= 0.6 is 0 Å². The number of nitrogens with zero attached hydrogens (tertiary/aromatic N) is 1. The normalized spacial score (nSPS) is 14.9. The van der Waals surface area contributed by atoms with Crippen LogP contribution < -0.4 is 4.90 Å². The predicted octanol–water partition coefficient (Wildman–Crippen LogP) is 1.83. The van der Waals surface area contributed by atoms with Gasteiger partial charge in [0, 0.05) is 12.2 Å². The molecule has 0 saturated heterocycles. The van der Waals surface area contributed by atoms with Gasteiger partial charge in [0.2, 0.25) is 0 Å². The van der Waals surface area contributed by atoms with Crippen molar-refractivity contribution in [2.75, 3.05) is 18.0 Å². The second kappa shape index (κ2) is 3.93. The highest BCUT2D eigenvalue weighted by atomic mass is 16.4. The summed E-state index contributed by atoms with van der Waals surface area (Å²) in [7, 11) is 0. The summed E-state index contributed by atoms with van der Waals surface area (Å²) in [6.07, 6.45) is 2.11. The summed E-state index contributed by atoms with van der Waals surface area (Å²) in [4.78, 5) is 12.7. The zero-order chi connectivity index (χ0) is 10.8. The number of benzene rings is 1. The van der Waals surface area contributed by atoms with Crippen molar-refractivity contribution < 1.29 is 9.90 Å². The molecule has 0 atom stereocenters. The zero-order valence-corrected chi connectivity index (χ0v) is 8.86. The van der Waals surface area contributed by atoms with Crippen molar-refractivity contribution in [2.45, 2.75) is 19.8 Å². The lowest BCUT2D eigenvalue weighted by molar-refractivity contribution is -0.135. The Hall–Kier alpha value is -1.51. The van der Waals surface area contributed by atoms with Crippen LogP contribution in [0.2, 0.25) is 0 Å². The summed E-state index contributed by atoms with van der Waals surface area (Å²) in [6.45, 7) is 3.04. The number of anilines is 1. The lowest BCUT2D eigenvalue weighted by Gasteiger charge is -2.30. The van der Waals surface area contributed by atoms with Crippen molar-refractivity contribution in [1.82, 2.24) is 0 Å². The van der Waals surface area contributed by atoms with Gasteiger partial charge >= 0.3 is 5.97 Å². The van der Waals surface area contributed by atoms with E-state index < -0.39 is 5.97 Å². The Labute approximate surface area is 89.3 Å². The molecule has 0 amide bonds. The molecule has 0 saturated carbocycles. The SMILES string of the molecule is Cc1cccc2c1CCCN2CC(=O)O. The topological polar surface area (TPSA) is 40.5 Å². The van der Waals surface area contributed by atoms with Gasteiger partial charge in [-0.2, -0.15) is 0 Å². The molecule has 0 unspecified atom stereocenters. The van der Waals surface area contributed by atoms with Gasteiger partial charge in [0.1, 0.15) is 6.54 Å². The Morgan fingerprint density at radius 1 is 1.53 bits per heavy atom. The molecule has 1 aromatic rings. The Balaban J connectivity index is 2.34. The molecule has 0 bridgehead atoms. The van der Waals surface area contributed by atoms with Crippen LogP contribution in [0.3, 0.4) is 0 Å². The van der Waals surface area contributed by atoms with E-state index in [1.807, 2.05) is 17.0 Å². The number of fused-ring (bicyclic) bond motifs is 1. The van der Waals surface area contributed by atoms with E-state index >= 15 is 0 Å². The molecule has 0 fully saturated rings. The fraction of sp³-hybridized carbons (Fsp3) is 0.417. The summed E-state index contributed by atoms with van der Waals surface area (Å²) in [5.74, 6) is -0.760. The molecule has 1 aromatic carbocycles. The maximum atomic E-state index is 10.7. The molecule has 1 heterocycles. The van der Waals surface area contributed by atoms with E-state index in [0.717, 1.165) is 25.1 Å². The highest BCUT2D eigenvalue weighted by Crippen LogP contribution is 2.28. The molecule has 1 aliphatic heterocycles. The largest absolute Gasteiger partial charge is 0.480 e. The van der Waals surface area contributed by atoms with Crippen LogP contribution in [-0.4, -0.2) is 24.2 Å². The lowest BCUT2D eigenvalue weighted by atomic mass is 9.97. The van der Waals surface area contributed by atoms with Crippen molar-refractivity contribution in [2.24, 2.45) is 0 Å². The van der Waals surface area contributed by atoms with E-state index in [9.17, 15) is 4.79 Å². The number of carbonyl (C=O) groups is 1. The summed E-state index contributed by atoms with van der Waals surface area (Å²) in [5.41, 5.74) is 3.68. The molecule has 80 valence electrons. The van der Waals surface area contributed by atoms with Crippen LogP contribution in [0.15, 0.2) is 18.2 Å². The Morgan fingerprint density at radius 2 is 2.33 bits per heavy atom. The summed E-state index contributed by atoms with van der Waals surface area (Å²) in [6, 6.07) is 6.10. The van der Waals surface area contributed by atoms with Crippen molar-refractivity contribution in [3.05, 3.63) is 29.3 Å². The minimum Gasteiger partial charge on any atom is -0.480 e. The number of aliphatic carboxylic acids is 1. The average Bonchev–Trinajstić information content (AvgIpc) is 2.19. The third-order valence-electron chi connectivity index (χ3n) is 2.91. The van der Waals surface area contributed by atoms with E-state index in [1.165, 1.54) is 11.1 Å². The molecular weight excluding hydrogens is 190 g/mol. The van der Waals surface area contributed by atoms with Crippen molar-refractivity contribution in [3.63, 3.8) is 0 Å². The molecular formula is C12H15NO2. The van der Waals surface area contributed by atoms with Crippen LogP contribution in [-0.2, 0) is 11.2 Å². The quantitative estimate of drug-likeness (QED) is 0.800. The van der Waals surface area contributed by atoms with Crippen molar-refractivity contribution in [3.8, 4) is 0 Å². The van der Waals surface area contributed by atoms with Gasteiger partial charge in [-0.1, -0.05) is 12.1 Å². The maximum Gasteiger partial charge on any atom is 0.323 e. The fourth-order valence-electron chi connectivity index (χ4n) is 2.20. The molecule has 3 nitrogen and oxygen atoms in total. The molecule has 0 aliphatic carbocycles. The second-order valence-electron chi connectivity index (χ2n) is 3.99. The van der Waals surface area contributed by atoms with Gasteiger partial charge in [0.25, 0.3) is 0 Å². The van der Waals surface area contributed by atoms with Gasteiger partial charge in [-0.15, -0.1) is 0 Å². The first kappa shape index (κ1) is 10.0. The highest BCUT2D eigenvalue weighted by Gasteiger charge is 2.19. The fourth-order valence-corrected chi connectivity index (χ4v) is 2.20. The van der Waals surface area contributed by atoms with Crippen molar-refractivity contribution in [1.29, 1.82) is 0 Å². The van der Waals surface area contributed by atoms with E-state index in [2.05, 4.69) is 13.0 Å². The number of hydrogen-bond acceptors (Lipinski definition) is 2. The molecule has 1 N–H and O–H groups in total. The summed E-state index contributed by atoms with van der Waals surface area (Å²) in [5, 5.41) is 8.82. The van der Waals surface area contributed by atoms with Crippen LogP contribution in [0.1, 0.15) is 17.5 Å². The highest BCUT2D eigenvalue weighted by molar-refractivity contribution is 5.75. The Morgan fingerprint density at radius 3 is 3.07 bits per heavy atom. The van der Waals surface area contributed by atoms with E-state index in [4.69, 9.17) is 5.11 Å². The number of carboxylic acid groups (broad SMARTS) is 1. The number of aryl methyl sites for hydroxylation is 1. The molecule has 2 rings (SSSR count). The van der Waals surface area contributed by atoms with Crippen LogP contribution in [0.25, 0.3) is 0 Å². The number of hydrogen-bond donors (Lipinski definition) is 1. The monoisotopic (exact) mass is 205 g/mol. The van der Waals surface area contributed by atoms with Gasteiger partial charge in [-0.05, 0) is 37.0 Å². The van der Waals surface area contributed by atoms with Crippen molar-refractivity contribution >= 4 is 11.7 Å². The van der Waals surface area contributed by atoms with Gasteiger partial charge < -0.3 is 10.0 Å². The first-order chi connectivity index (χ1) is 7.18. The summed E-state index contributed by atoms with van der Waals surface area (Å²) >= 11 is 0. The average molecular weight is 205 g/mol. The second-order valence-corrected chi connectivity index (χ2v) is 3.99. The third-order valence-corrected chi connectivity index (χ3v) is 2.91. The van der Waals surface area contributed by atoms with Crippen LogP contribution in [0, 0.1) is 6.92 Å². The first-order valence-corrected chi connectivity index (χ1v) is 5.23. The Kier molecular flexibility index (Phi) is 2.62. The molecule has 0 radical (unpaired) electrons. The first-order valence-electron chi connectivity index (χ1n) is 5.23. The van der Waals surface area contributed by atoms with Crippen LogP contribution in [0.5, 0.6) is 0 Å². The molecule has 0 spiro atoms. The van der Waals surface area contributed by atoms with Gasteiger partial charge in [-0.3, -0.25) is 4.79 Å². The predicted molar refractivity (Wildman–Crippen MR) is 59.3 cm³/mol. The smallest absolute Gasteiger partial charge is 0.323 e. The lowest BCUT2D eigenvalue weighted by Crippen LogP contribution is -2.34. The van der Waals surface area contributed by atoms with Gasteiger partial charge in [0.05, 0.1) is 0 Å². The molecule has 3 heteroatoms. The molecule has 15 heavy (non-hydrogen) atoms. The molecule has 0 aromatic heterocycles. The van der Waals surface area contributed by atoms with Gasteiger partial charge in [0.15, 0.2) is 0 Å². The third kappa shape index (κ3) is 1.96. The summed E-state index contributed by atoms with van der Waals surface area (Å²) < 4.78 is 0. The standard InChI is InChI=1S/C12H15NO2/c1-9-4-2-6-11-10(9)5-3-7-13(11)8-12(14)15/h2,4,6H,3,5,7-8H2,1H3,(H,14,15). The zero-order valence-electron chi connectivity index (χ0n) is 8.86. The van der Waals surface area contributed by atoms with E-state index in [0.29, 0.717) is 0 Å². The van der Waals surface area contributed by atoms with E-state index in [1.54, 1.807) is 0 Å². The number of rotatable bonds is 2. The number of carboxylic acids is 1.